The summed E-state index contributed by atoms with van der Waals surface area (Å²) in [5, 5.41) is 21.5. The topological polar surface area (TPSA) is 40.5 Å². The van der Waals surface area contributed by atoms with Crippen molar-refractivity contribution in [3.8, 4) is 0 Å². The molecule has 4 aliphatic carbocycles. The van der Waals surface area contributed by atoms with E-state index in [2.05, 4.69) is 47.3 Å². The third-order valence-electron chi connectivity index (χ3n) is 10.6. The summed E-state index contributed by atoms with van der Waals surface area (Å²) in [5.41, 5.74) is 3.33. The van der Waals surface area contributed by atoms with E-state index in [1.165, 1.54) is 43.3 Å². The summed E-state index contributed by atoms with van der Waals surface area (Å²) in [6.07, 6.45) is 12.1. The SMILES string of the molecule is C=C(CC[C@@H](C)[C@H]1CCC2C3C(CC[C@@]21C)[C@@]1(C)CC[C@H](O)CC1=C[C@@H]3O)C(C)C. The van der Waals surface area contributed by atoms with Crippen molar-refractivity contribution >= 4 is 0 Å². The minimum Gasteiger partial charge on any atom is -0.393 e. The van der Waals surface area contributed by atoms with Crippen LogP contribution in [0.3, 0.4) is 0 Å². The number of hydrogen-bond acceptors (Lipinski definition) is 2. The standard InChI is InChI=1S/C28H46O2/c1-17(2)18(3)7-8-19(4)22-9-10-23-26-24(12-14-28(22,23)6)27(5)13-11-21(29)15-20(27)16-25(26)30/h16-17,19,21-26,29-30H,3,7-15H2,1-2,4-6H3/t19-,21+,22-,23?,24?,25+,26?,27+,28-/m1/s1. The Hall–Kier alpha value is -0.600. The molecule has 2 heteroatoms. The maximum atomic E-state index is 11.3. The van der Waals surface area contributed by atoms with E-state index < -0.39 is 0 Å². The van der Waals surface area contributed by atoms with Crippen molar-refractivity contribution in [2.75, 3.05) is 0 Å². The van der Waals surface area contributed by atoms with Crippen LogP contribution in [0.4, 0.5) is 0 Å². The van der Waals surface area contributed by atoms with Crippen LogP contribution in [0.2, 0.25) is 0 Å². The molecule has 0 aromatic rings. The first-order valence-corrected chi connectivity index (χ1v) is 12.8. The van der Waals surface area contributed by atoms with Gasteiger partial charge in [-0.05, 0) is 104 Å². The number of allylic oxidation sites excluding steroid dienone is 1. The Kier molecular flexibility index (Phi) is 6.08. The Labute approximate surface area is 185 Å². The predicted molar refractivity (Wildman–Crippen MR) is 125 cm³/mol. The molecular weight excluding hydrogens is 368 g/mol. The molecule has 4 rings (SSSR count). The van der Waals surface area contributed by atoms with Crippen molar-refractivity contribution < 1.29 is 10.2 Å². The smallest absolute Gasteiger partial charge is 0.0757 e. The molecule has 0 amide bonds. The molecule has 2 nitrogen and oxygen atoms in total. The van der Waals surface area contributed by atoms with Crippen LogP contribution in [0.5, 0.6) is 0 Å². The molecule has 3 fully saturated rings. The van der Waals surface area contributed by atoms with Crippen molar-refractivity contribution in [1.29, 1.82) is 0 Å². The largest absolute Gasteiger partial charge is 0.393 e. The van der Waals surface area contributed by atoms with E-state index in [9.17, 15) is 10.2 Å². The van der Waals surface area contributed by atoms with Crippen LogP contribution in [-0.2, 0) is 0 Å². The summed E-state index contributed by atoms with van der Waals surface area (Å²) in [7, 11) is 0. The van der Waals surface area contributed by atoms with Gasteiger partial charge in [0.05, 0.1) is 12.2 Å². The molecule has 0 aromatic heterocycles. The summed E-state index contributed by atoms with van der Waals surface area (Å²) >= 11 is 0. The molecule has 2 N–H and O–H groups in total. The lowest BCUT2D eigenvalue weighted by Crippen LogP contribution is -2.54. The van der Waals surface area contributed by atoms with Gasteiger partial charge in [-0.25, -0.2) is 0 Å². The van der Waals surface area contributed by atoms with Gasteiger partial charge in [-0.1, -0.05) is 58.4 Å². The minimum absolute atomic E-state index is 0.198. The van der Waals surface area contributed by atoms with Gasteiger partial charge in [0.25, 0.3) is 0 Å². The van der Waals surface area contributed by atoms with Gasteiger partial charge in [-0.3, -0.25) is 0 Å². The fourth-order valence-corrected chi connectivity index (χ4v) is 8.51. The van der Waals surface area contributed by atoms with Gasteiger partial charge >= 0.3 is 0 Å². The van der Waals surface area contributed by atoms with Gasteiger partial charge in [0.1, 0.15) is 0 Å². The minimum atomic E-state index is -0.317. The number of hydrogen-bond donors (Lipinski definition) is 2. The highest BCUT2D eigenvalue weighted by molar-refractivity contribution is 5.28. The predicted octanol–water partition coefficient (Wildman–Crippen LogP) is 6.53. The van der Waals surface area contributed by atoms with Crippen molar-refractivity contribution in [3.63, 3.8) is 0 Å². The van der Waals surface area contributed by atoms with Crippen LogP contribution < -0.4 is 0 Å². The normalized spacial score (nSPS) is 46.6. The van der Waals surface area contributed by atoms with E-state index in [0.717, 1.165) is 37.5 Å². The van der Waals surface area contributed by atoms with Crippen molar-refractivity contribution in [2.45, 2.75) is 105 Å². The van der Waals surface area contributed by atoms with Crippen LogP contribution in [0.25, 0.3) is 0 Å². The summed E-state index contributed by atoms with van der Waals surface area (Å²) < 4.78 is 0. The Balaban J connectivity index is 1.54. The third-order valence-corrected chi connectivity index (χ3v) is 10.6. The third kappa shape index (κ3) is 3.54. The zero-order chi connectivity index (χ0) is 21.8. The second-order valence-corrected chi connectivity index (χ2v) is 12.3. The molecule has 0 spiro atoms. The van der Waals surface area contributed by atoms with Crippen LogP contribution in [0.1, 0.15) is 92.4 Å². The van der Waals surface area contributed by atoms with Crippen molar-refractivity contribution in [1.82, 2.24) is 0 Å². The first-order chi connectivity index (χ1) is 14.1. The highest BCUT2D eigenvalue weighted by Crippen LogP contribution is 2.67. The van der Waals surface area contributed by atoms with E-state index in [0.29, 0.717) is 29.1 Å². The lowest BCUT2D eigenvalue weighted by molar-refractivity contribution is -0.0970. The van der Waals surface area contributed by atoms with Crippen LogP contribution in [0.15, 0.2) is 23.8 Å². The van der Waals surface area contributed by atoms with Gasteiger partial charge < -0.3 is 10.2 Å². The van der Waals surface area contributed by atoms with E-state index in [-0.39, 0.29) is 17.6 Å². The maximum absolute atomic E-state index is 11.3. The highest BCUT2D eigenvalue weighted by Gasteiger charge is 2.61. The van der Waals surface area contributed by atoms with Gasteiger partial charge in [0, 0.05) is 0 Å². The monoisotopic (exact) mass is 414 g/mol. The average molecular weight is 415 g/mol. The molecule has 4 aliphatic rings. The van der Waals surface area contributed by atoms with Gasteiger partial charge in [-0.15, -0.1) is 0 Å². The summed E-state index contributed by atoms with van der Waals surface area (Å²) in [4.78, 5) is 0. The molecule has 0 aliphatic heterocycles. The number of aliphatic hydroxyl groups excluding tert-OH is 2. The summed E-state index contributed by atoms with van der Waals surface area (Å²) in [5.74, 6) is 3.76. The fraction of sp³-hybridized carbons (Fsp3) is 0.857. The Morgan fingerprint density at radius 2 is 1.80 bits per heavy atom. The quantitative estimate of drug-likeness (QED) is 0.502. The molecular formula is C28H46O2. The first kappa shape index (κ1) is 22.6. The second-order valence-electron chi connectivity index (χ2n) is 12.3. The van der Waals surface area contributed by atoms with Gasteiger partial charge in [0.2, 0.25) is 0 Å². The highest BCUT2D eigenvalue weighted by atomic mass is 16.3. The van der Waals surface area contributed by atoms with E-state index >= 15 is 0 Å². The second kappa shape index (κ2) is 8.07. The van der Waals surface area contributed by atoms with Crippen molar-refractivity contribution in [3.05, 3.63) is 23.8 Å². The molecule has 170 valence electrons. The lowest BCUT2D eigenvalue weighted by atomic mass is 9.46. The molecule has 30 heavy (non-hydrogen) atoms. The Bertz CT molecular complexity index is 693. The summed E-state index contributed by atoms with van der Waals surface area (Å²) in [6.45, 7) is 16.3. The number of rotatable bonds is 5. The van der Waals surface area contributed by atoms with Crippen molar-refractivity contribution in [2.24, 2.45) is 46.3 Å². The Morgan fingerprint density at radius 1 is 1.07 bits per heavy atom. The number of fused-ring (bicyclic) bond motifs is 5. The first-order valence-electron chi connectivity index (χ1n) is 12.8. The molecule has 0 bridgehead atoms. The zero-order valence-corrected chi connectivity index (χ0v) is 20.2. The Morgan fingerprint density at radius 3 is 2.50 bits per heavy atom. The maximum Gasteiger partial charge on any atom is 0.0757 e. The molecule has 3 saturated carbocycles. The lowest BCUT2D eigenvalue weighted by Gasteiger charge is -2.59. The van der Waals surface area contributed by atoms with Gasteiger partial charge in [-0.2, -0.15) is 0 Å². The van der Waals surface area contributed by atoms with Gasteiger partial charge in [0.15, 0.2) is 0 Å². The fourth-order valence-electron chi connectivity index (χ4n) is 8.51. The average Bonchev–Trinajstić information content (AvgIpc) is 3.04. The van der Waals surface area contributed by atoms with E-state index in [1.807, 2.05) is 0 Å². The van der Waals surface area contributed by atoms with E-state index in [1.54, 1.807) is 0 Å². The van der Waals surface area contributed by atoms with E-state index in [4.69, 9.17) is 0 Å². The molecule has 0 heterocycles. The summed E-state index contributed by atoms with van der Waals surface area (Å²) in [6, 6.07) is 0. The molecule has 0 aromatic carbocycles. The molecule has 0 saturated heterocycles. The van der Waals surface area contributed by atoms with Crippen LogP contribution in [0, 0.1) is 46.3 Å². The molecule has 3 unspecified atom stereocenters. The van der Waals surface area contributed by atoms with Crippen LogP contribution in [-0.4, -0.2) is 22.4 Å². The molecule has 9 atom stereocenters. The zero-order valence-electron chi connectivity index (χ0n) is 20.2. The molecule has 0 radical (unpaired) electrons. The van der Waals surface area contributed by atoms with Crippen LogP contribution >= 0.6 is 0 Å². The number of aliphatic hydroxyl groups is 2.